The summed E-state index contributed by atoms with van der Waals surface area (Å²) in [5.41, 5.74) is 1.79. The number of aromatic nitrogens is 1. The molecule has 1 atom stereocenters. The minimum atomic E-state index is -2.52. The quantitative estimate of drug-likeness (QED) is 0.820. The first-order valence-corrected chi connectivity index (χ1v) is 8.52. The lowest BCUT2D eigenvalue weighted by Crippen LogP contribution is -2.28. The van der Waals surface area contributed by atoms with Gasteiger partial charge in [-0.25, -0.2) is 13.2 Å². The summed E-state index contributed by atoms with van der Waals surface area (Å²) in [6, 6.07) is 7.99. The van der Waals surface area contributed by atoms with E-state index in [1.807, 2.05) is 6.07 Å². The smallest absolute Gasteiger partial charge is 0.341 e. The minimum absolute atomic E-state index is 0.0186. The standard InChI is InChI=1S/C16H15NO5S/c18-15-13(16(19)20)5-2-8-17(15)14-7-6-11-10(9-23(21)22)3-1-4-12(11)14/h1-5,8,14,23H,6-7,9H2,(H,19,20). The van der Waals surface area contributed by atoms with E-state index in [0.29, 0.717) is 12.8 Å². The molecule has 0 saturated carbocycles. The van der Waals surface area contributed by atoms with E-state index in [9.17, 15) is 18.0 Å². The van der Waals surface area contributed by atoms with Gasteiger partial charge in [0.15, 0.2) is 0 Å². The van der Waals surface area contributed by atoms with Crippen LogP contribution in [0.1, 0.15) is 39.5 Å². The number of hydrogen-bond acceptors (Lipinski definition) is 4. The molecule has 1 N–H and O–H groups in total. The highest BCUT2D eigenvalue weighted by atomic mass is 32.2. The third kappa shape index (κ3) is 2.79. The largest absolute Gasteiger partial charge is 0.477 e. The van der Waals surface area contributed by atoms with Crippen molar-refractivity contribution in [3.8, 4) is 0 Å². The van der Waals surface area contributed by atoms with Crippen LogP contribution in [0, 0.1) is 0 Å². The van der Waals surface area contributed by atoms with Crippen LogP contribution in [-0.4, -0.2) is 24.1 Å². The van der Waals surface area contributed by atoms with E-state index < -0.39 is 22.2 Å². The highest BCUT2D eigenvalue weighted by Crippen LogP contribution is 2.35. The number of benzene rings is 1. The monoisotopic (exact) mass is 333 g/mol. The predicted molar refractivity (Wildman–Crippen MR) is 84.6 cm³/mol. The first kappa shape index (κ1) is 15.5. The Balaban J connectivity index is 2.09. The van der Waals surface area contributed by atoms with Gasteiger partial charge in [-0.05, 0) is 41.7 Å². The van der Waals surface area contributed by atoms with Crippen LogP contribution in [-0.2, 0) is 22.9 Å². The van der Waals surface area contributed by atoms with Crippen LogP contribution >= 0.6 is 0 Å². The van der Waals surface area contributed by atoms with E-state index in [0.717, 1.165) is 16.7 Å². The Bertz CT molecular complexity index is 905. The molecule has 1 heterocycles. The highest BCUT2D eigenvalue weighted by molar-refractivity contribution is 7.71. The van der Waals surface area contributed by atoms with Crippen LogP contribution in [0.3, 0.4) is 0 Å². The maximum Gasteiger partial charge on any atom is 0.341 e. The molecule has 2 aromatic rings. The summed E-state index contributed by atoms with van der Waals surface area (Å²) in [4.78, 5) is 23.5. The molecule has 1 aromatic carbocycles. The van der Waals surface area contributed by atoms with Crippen molar-refractivity contribution in [1.29, 1.82) is 0 Å². The summed E-state index contributed by atoms with van der Waals surface area (Å²) in [5, 5.41) is 9.09. The molecule has 0 aliphatic heterocycles. The van der Waals surface area contributed by atoms with E-state index in [4.69, 9.17) is 5.11 Å². The fraction of sp³-hybridized carbons (Fsp3) is 0.250. The second-order valence-electron chi connectivity index (χ2n) is 5.47. The zero-order valence-corrected chi connectivity index (χ0v) is 13.0. The average molecular weight is 333 g/mol. The van der Waals surface area contributed by atoms with Crippen molar-refractivity contribution in [2.75, 3.05) is 0 Å². The van der Waals surface area contributed by atoms with Crippen molar-refractivity contribution in [2.24, 2.45) is 0 Å². The molecule has 0 radical (unpaired) electrons. The molecule has 1 unspecified atom stereocenters. The number of carboxylic acids is 1. The molecule has 1 aliphatic carbocycles. The zero-order chi connectivity index (χ0) is 16.6. The Kier molecular flexibility index (Phi) is 4.04. The third-order valence-corrected chi connectivity index (χ3v) is 4.78. The summed E-state index contributed by atoms with van der Waals surface area (Å²) in [5.74, 6) is -1.27. The number of fused-ring (bicyclic) bond motifs is 1. The first-order valence-electron chi connectivity index (χ1n) is 7.16. The summed E-state index contributed by atoms with van der Waals surface area (Å²) in [7, 11) is -2.52. The molecule has 3 rings (SSSR count). The van der Waals surface area contributed by atoms with E-state index in [1.165, 1.54) is 10.6 Å². The summed E-state index contributed by atoms with van der Waals surface area (Å²) >= 11 is 0. The number of carboxylic acid groups (broad SMARTS) is 1. The maximum atomic E-state index is 12.4. The van der Waals surface area contributed by atoms with Crippen molar-refractivity contribution in [3.63, 3.8) is 0 Å². The van der Waals surface area contributed by atoms with Crippen molar-refractivity contribution in [1.82, 2.24) is 4.57 Å². The lowest BCUT2D eigenvalue weighted by atomic mass is 10.0. The normalized spacial score (nSPS) is 16.5. The number of aromatic carboxylic acids is 1. The van der Waals surface area contributed by atoms with Gasteiger partial charge < -0.3 is 9.67 Å². The van der Waals surface area contributed by atoms with Gasteiger partial charge in [0.2, 0.25) is 0 Å². The van der Waals surface area contributed by atoms with E-state index in [-0.39, 0.29) is 17.4 Å². The van der Waals surface area contributed by atoms with Gasteiger partial charge >= 0.3 is 5.97 Å². The molecule has 120 valence electrons. The van der Waals surface area contributed by atoms with Crippen molar-refractivity contribution < 1.29 is 18.3 Å². The van der Waals surface area contributed by atoms with Gasteiger partial charge in [-0.1, -0.05) is 18.2 Å². The van der Waals surface area contributed by atoms with Gasteiger partial charge in [0.05, 0.1) is 11.8 Å². The molecule has 23 heavy (non-hydrogen) atoms. The Morgan fingerprint density at radius 1 is 1.26 bits per heavy atom. The first-order chi connectivity index (χ1) is 11.0. The molecule has 0 bridgehead atoms. The van der Waals surface area contributed by atoms with Gasteiger partial charge in [-0.2, -0.15) is 0 Å². The van der Waals surface area contributed by atoms with Gasteiger partial charge in [-0.3, -0.25) is 4.79 Å². The van der Waals surface area contributed by atoms with Crippen molar-refractivity contribution >= 4 is 16.7 Å². The third-order valence-electron chi connectivity index (χ3n) is 4.18. The number of carbonyl (C=O) groups is 1. The highest BCUT2D eigenvalue weighted by Gasteiger charge is 2.27. The van der Waals surface area contributed by atoms with E-state index in [2.05, 4.69) is 0 Å². The van der Waals surface area contributed by atoms with Crippen LogP contribution < -0.4 is 5.56 Å². The fourth-order valence-electron chi connectivity index (χ4n) is 3.20. The summed E-state index contributed by atoms with van der Waals surface area (Å²) in [6.45, 7) is 0. The lowest BCUT2D eigenvalue weighted by Gasteiger charge is -2.16. The summed E-state index contributed by atoms with van der Waals surface area (Å²) < 4.78 is 23.4. The van der Waals surface area contributed by atoms with Crippen LogP contribution in [0.25, 0.3) is 0 Å². The van der Waals surface area contributed by atoms with E-state index in [1.54, 1.807) is 24.4 Å². The maximum absolute atomic E-state index is 12.4. The molecule has 0 saturated heterocycles. The number of pyridine rings is 1. The van der Waals surface area contributed by atoms with Gasteiger partial charge in [0, 0.05) is 6.20 Å². The topological polar surface area (TPSA) is 93.4 Å². The Morgan fingerprint density at radius 2 is 2.04 bits per heavy atom. The minimum Gasteiger partial charge on any atom is -0.477 e. The van der Waals surface area contributed by atoms with Gasteiger partial charge in [0.25, 0.3) is 5.56 Å². The second-order valence-corrected chi connectivity index (χ2v) is 6.45. The molecule has 0 fully saturated rings. The molecular weight excluding hydrogens is 318 g/mol. The van der Waals surface area contributed by atoms with Crippen LogP contribution in [0.4, 0.5) is 0 Å². The zero-order valence-electron chi connectivity index (χ0n) is 12.1. The van der Waals surface area contributed by atoms with Crippen LogP contribution in [0.5, 0.6) is 0 Å². The van der Waals surface area contributed by atoms with Gasteiger partial charge in [0.1, 0.15) is 16.3 Å². The average Bonchev–Trinajstić information content (AvgIpc) is 2.91. The molecule has 1 aliphatic rings. The van der Waals surface area contributed by atoms with E-state index >= 15 is 0 Å². The molecule has 0 spiro atoms. The van der Waals surface area contributed by atoms with Crippen LogP contribution in [0.15, 0.2) is 41.3 Å². The van der Waals surface area contributed by atoms with Gasteiger partial charge in [-0.15, -0.1) is 0 Å². The molecule has 0 amide bonds. The fourth-order valence-corrected chi connectivity index (χ4v) is 3.78. The number of rotatable bonds is 4. The Morgan fingerprint density at radius 3 is 2.74 bits per heavy atom. The SMILES string of the molecule is O=C(O)c1cccn(C2CCc3c(C[SH](=O)=O)cccc32)c1=O. The second kappa shape index (κ2) is 6.00. The molecule has 7 heteroatoms. The Hall–Kier alpha value is -2.41. The number of hydrogen-bond donors (Lipinski definition) is 2. The number of thiol groups is 1. The van der Waals surface area contributed by atoms with Crippen LogP contribution in [0.2, 0.25) is 0 Å². The Labute approximate surface area is 134 Å². The molecule has 6 nitrogen and oxygen atoms in total. The molecular formula is C16H15NO5S. The lowest BCUT2D eigenvalue weighted by molar-refractivity contribution is 0.0694. The number of nitrogens with zero attached hydrogens (tertiary/aromatic N) is 1. The predicted octanol–water partition coefficient (Wildman–Crippen LogP) is 1.19. The van der Waals surface area contributed by atoms with Crippen molar-refractivity contribution in [3.05, 3.63) is 69.1 Å². The molecule has 1 aromatic heterocycles. The van der Waals surface area contributed by atoms with Crippen molar-refractivity contribution in [2.45, 2.75) is 24.6 Å². The summed E-state index contributed by atoms with van der Waals surface area (Å²) in [6.07, 6.45) is 2.89.